The van der Waals surface area contributed by atoms with E-state index in [1.165, 1.54) is 5.69 Å². The highest BCUT2D eigenvalue weighted by Gasteiger charge is 2.22. The summed E-state index contributed by atoms with van der Waals surface area (Å²) < 4.78 is 5.39. The highest BCUT2D eigenvalue weighted by molar-refractivity contribution is 5.96. The highest BCUT2D eigenvalue weighted by atomic mass is 16.5. The number of amides is 1. The number of nitrogens with zero attached hydrogens (tertiary/aromatic N) is 2. The van der Waals surface area contributed by atoms with Crippen molar-refractivity contribution in [2.45, 2.75) is 6.92 Å². The molecule has 0 atom stereocenters. The summed E-state index contributed by atoms with van der Waals surface area (Å²) >= 11 is 0. The minimum atomic E-state index is 0.151. The van der Waals surface area contributed by atoms with Crippen LogP contribution in [0.5, 0.6) is 0 Å². The Kier molecular flexibility index (Phi) is 3.89. The summed E-state index contributed by atoms with van der Waals surface area (Å²) in [5, 5.41) is 3.11. The maximum Gasteiger partial charge on any atom is 0.240 e. The zero-order valence-electron chi connectivity index (χ0n) is 11.9. The third-order valence-corrected chi connectivity index (χ3v) is 3.95. The van der Waals surface area contributed by atoms with Gasteiger partial charge in [0.05, 0.1) is 19.8 Å². The molecule has 0 radical (unpaired) electrons. The fourth-order valence-electron chi connectivity index (χ4n) is 2.77. The van der Waals surface area contributed by atoms with Crippen LogP contribution in [0.2, 0.25) is 0 Å². The van der Waals surface area contributed by atoms with E-state index in [9.17, 15) is 4.79 Å². The van der Waals surface area contributed by atoms with Crippen LogP contribution in [0.3, 0.4) is 0 Å². The first-order valence-corrected chi connectivity index (χ1v) is 7.20. The number of piperazine rings is 1. The Balaban J connectivity index is 1.87. The van der Waals surface area contributed by atoms with E-state index < -0.39 is 0 Å². The van der Waals surface area contributed by atoms with Crippen molar-refractivity contribution >= 4 is 17.3 Å². The van der Waals surface area contributed by atoms with Crippen LogP contribution in [0.1, 0.15) is 5.56 Å². The largest absolute Gasteiger partial charge is 0.378 e. The number of carbonyl (C=O) groups is 1. The Morgan fingerprint density at radius 3 is 2.75 bits per heavy atom. The molecule has 0 bridgehead atoms. The van der Waals surface area contributed by atoms with Crippen molar-refractivity contribution in [1.29, 1.82) is 0 Å². The summed E-state index contributed by atoms with van der Waals surface area (Å²) in [7, 11) is 0. The molecular formula is C15H21N3O2. The normalized spacial score (nSPS) is 20.4. The lowest BCUT2D eigenvalue weighted by molar-refractivity contribution is -0.118. The molecule has 1 N–H and O–H groups in total. The number of anilines is 2. The van der Waals surface area contributed by atoms with Crippen molar-refractivity contribution < 1.29 is 9.53 Å². The minimum absolute atomic E-state index is 0.151. The van der Waals surface area contributed by atoms with E-state index in [4.69, 9.17) is 4.74 Å². The second-order valence-corrected chi connectivity index (χ2v) is 5.29. The van der Waals surface area contributed by atoms with Gasteiger partial charge in [0.1, 0.15) is 0 Å². The molecule has 5 heteroatoms. The van der Waals surface area contributed by atoms with Crippen molar-refractivity contribution in [1.82, 2.24) is 5.32 Å². The van der Waals surface area contributed by atoms with Crippen LogP contribution in [0, 0.1) is 6.92 Å². The van der Waals surface area contributed by atoms with Crippen LogP contribution in [-0.4, -0.2) is 51.8 Å². The summed E-state index contributed by atoms with van der Waals surface area (Å²) in [4.78, 5) is 16.3. The highest BCUT2D eigenvalue weighted by Crippen LogP contribution is 2.27. The molecule has 0 unspecified atom stereocenters. The molecular weight excluding hydrogens is 254 g/mol. The predicted molar refractivity (Wildman–Crippen MR) is 79.4 cm³/mol. The second-order valence-electron chi connectivity index (χ2n) is 5.29. The molecule has 1 aromatic rings. The molecule has 3 rings (SSSR count). The number of hydrogen-bond donors (Lipinski definition) is 1. The molecule has 0 aromatic heterocycles. The molecule has 5 nitrogen and oxygen atoms in total. The van der Waals surface area contributed by atoms with Crippen molar-refractivity contribution in [3.63, 3.8) is 0 Å². The van der Waals surface area contributed by atoms with E-state index in [1.54, 1.807) is 0 Å². The number of benzene rings is 1. The quantitative estimate of drug-likeness (QED) is 0.866. The molecule has 2 saturated heterocycles. The number of hydrogen-bond acceptors (Lipinski definition) is 4. The van der Waals surface area contributed by atoms with Gasteiger partial charge in [-0.1, -0.05) is 6.07 Å². The van der Waals surface area contributed by atoms with Crippen LogP contribution in [0.25, 0.3) is 0 Å². The fourth-order valence-corrected chi connectivity index (χ4v) is 2.77. The fraction of sp³-hybridized carbons (Fsp3) is 0.533. The van der Waals surface area contributed by atoms with E-state index in [1.807, 2.05) is 4.90 Å². The number of morpholine rings is 1. The van der Waals surface area contributed by atoms with Gasteiger partial charge in [-0.25, -0.2) is 0 Å². The molecule has 108 valence electrons. The maximum atomic E-state index is 12.1. The Hall–Kier alpha value is -1.59. The van der Waals surface area contributed by atoms with E-state index in [0.717, 1.165) is 50.6 Å². The average Bonchev–Trinajstić information content (AvgIpc) is 2.49. The van der Waals surface area contributed by atoms with Crippen molar-refractivity contribution in [3.05, 3.63) is 23.8 Å². The van der Waals surface area contributed by atoms with Gasteiger partial charge in [-0.05, 0) is 24.6 Å². The zero-order valence-corrected chi connectivity index (χ0v) is 11.9. The third kappa shape index (κ3) is 2.64. The first kappa shape index (κ1) is 13.4. The number of nitrogens with one attached hydrogen (secondary N) is 1. The van der Waals surface area contributed by atoms with Gasteiger partial charge in [-0.2, -0.15) is 0 Å². The Labute approximate surface area is 119 Å². The number of carbonyl (C=O) groups excluding carboxylic acids is 1. The number of rotatable bonds is 2. The van der Waals surface area contributed by atoms with Crippen molar-refractivity contribution in [2.75, 3.05) is 55.7 Å². The molecule has 2 aliphatic rings. The van der Waals surface area contributed by atoms with E-state index >= 15 is 0 Å². The summed E-state index contributed by atoms with van der Waals surface area (Å²) in [5.41, 5.74) is 3.37. The monoisotopic (exact) mass is 275 g/mol. The first-order chi connectivity index (χ1) is 9.75. The van der Waals surface area contributed by atoms with Gasteiger partial charge in [0.2, 0.25) is 5.91 Å². The van der Waals surface area contributed by atoms with Gasteiger partial charge in [-0.3, -0.25) is 4.79 Å². The lowest BCUT2D eigenvalue weighted by Crippen LogP contribution is -2.48. The van der Waals surface area contributed by atoms with Crippen LogP contribution < -0.4 is 15.1 Å². The van der Waals surface area contributed by atoms with Crippen molar-refractivity contribution in [2.24, 2.45) is 0 Å². The standard InChI is InChI=1S/C15H21N3O2/c1-12-2-3-13(17-6-8-20-9-7-17)10-14(12)18-5-4-16-11-15(18)19/h2-3,10,16H,4-9,11H2,1H3. The van der Waals surface area contributed by atoms with Crippen LogP contribution in [-0.2, 0) is 9.53 Å². The summed E-state index contributed by atoms with van der Waals surface area (Å²) in [6, 6.07) is 6.39. The first-order valence-electron chi connectivity index (χ1n) is 7.20. The maximum absolute atomic E-state index is 12.1. The van der Waals surface area contributed by atoms with Crippen LogP contribution in [0.4, 0.5) is 11.4 Å². The summed E-state index contributed by atoms with van der Waals surface area (Å²) in [6.07, 6.45) is 0. The molecule has 2 heterocycles. The van der Waals surface area contributed by atoms with E-state index in [0.29, 0.717) is 6.54 Å². The topological polar surface area (TPSA) is 44.8 Å². The number of ether oxygens (including phenoxy) is 1. The summed E-state index contributed by atoms with van der Waals surface area (Å²) in [5.74, 6) is 0.151. The Morgan fingerprint density at radius 1 is 1.20 bits per heavy atom. The second kappa shape index (κ2) is 5.81. The SMILES string of the molecule is Cc1ccc(N2CCOCC2)cc1N1CCNCC1=O. The van der Waals surface area contributed by atoms with Gasteiger partial charge < -0.3 is 19.9 Å². The molecule has 1 aromatic carbocycles. The Morgan fingerprint density at radius 2 is 2.00 bits per heavy atom. The van der Waals surface area contributed by atoms with Gasteiger partial charge in [0.25, 0.3) is 0 Å². The Bertz CT molecular complexity index is 498. The average molecular weight is 275 g/mol. The molecule has 2 aliphatic heterocycles. The van der Waals surface area contributed by atoms with Gasteiger partial charge in [-0.15, -0.1) is 0 Å². The van der Waals surface area contributed by atoms with E-state index in [-0.39, 0.29) is 5.91 Å². The molecule has 0 aliphatic carbocycles. The van der Waals surface area contributed by atoms with Crippen LogP contribution in [0.15, 0.2) is 18.2 Å². The lowest BCUT2D eigenvalue weighted by Gasteiger charge is -2.32. The van der Waals surface area contributed by atoms with Crippen molar-refractivity contribution in [3.8, 4) is 0 Å². The zero-order chi connectivity index (χ0) is 13.9. The van der Waals surface area contributed by atoms with E-state index in [2.05, 4.69) is 35.3 Å². The third-order valence-electron chi connectivity index (χ3n) is 3.95. The smallest absolute Gasteiger partial charge is 0.240 e. The molecule has 2 fully saturated rings. The lowest BCUT2D eigenvalue weighted by atomic mass is 10.1. The molecule has 1 amide bonds. The molecule has 0 saturated carbocycles. The summed E-state index contributed by atoms with van der Waals surface area (Å²) in [6.45, 7) is 7.47. The van der Waals surface area contributed by atoms with Gasteiger partial charge >= 0.3 is 0 Å². The molecule has 0 spiro atoms. The van der Waals surface area contributed by atoms with Gasteiger partial charge in [0.15, 0.2) is 0 Å². The molecule has 20 heavy (non-hydrogen) atoms. The van der Waals surface area contributed by atoms with Gasteiger partial charge in [0, 0.05) is 37.6 Å². The minimum Gasteiger partial charge on any atom is -0.378 e. The number of aryl methyl sites for hydroxylation is 1. The predicted octanol–water partition coefficient (Wildman–Crippen LogP) is 0.768. The van der Waals surface area contributed by atoms with Crippen LogP contribution >= 0.6 is 0 Å².